The zero-order valence-corrected chi connectivity index (χ0v) is 16.3. The van der Waals surface area contributed by atoms with Crippen molar-refractivity contribution in [3.63, 3.8) is 0 Å². The van der Waals surface area contributed by atoms with E-state index in [4.69, 9.17) is 0 Å². The van der Waals surface area contributed by atoms with Gasteiger partial charge in [-0.15, -0.1) is 15.9 Å². The second-order valence-corrected chi connectivity index (χ2v) is 5.30. The van der Waals surface area contributed by atoms with Gasteiger partial charge < -0.3 is 9.53 Å². The second kappa shape index (κ2) is 10.0. The van der Waals surface area contributed by atoms with Gasteiger partial charge in [-0.05, 0) is 20.8 Å². The molecule has 0 saturated carbocycles. The molecule has 0 radical (unpaired) electrons. The van der Waals surface area contributed by atoms with Crippen LogP contribution in [-0.2, 0) is 9.53 Å². The van der Waals surface area contributed by atoms with E-state index in [1.807, 2.05) is 0 Å². The van der Waals surface area contributed by atoms with E-state index >= 15 is 0 Å². The van der Waals surface area contributed by atoms with E-state index < -0.39 is 4.92 Å². The summed E-state index contributed by atoms with van der Waals surface area (Å²) < 4.78 is 5.10. The molecule has 0 aromatic heterocycles. The molecule has 1 rings (SSSR count). The molecule has 0 aliphatic carbocycles. The molecular formula is C12H14BrKNO4-. The van der Waals surface area contributed by atoms with E-state index in [1.165, 1.54) is 12.5 Å². The predicted molar refractivity (Wildman–Crippen MR) is 70.9 cm³/mol. The van der Waals surface area contributed by atoms with E-state index in [2.05, 4.69) is 26.7 Å². The number of nitrogens with zero attached hydrogens (tertiary/aromatic N) is 1. The third-order valence-electron chi connectivity index (χ3n) is 1.63. The van der Waals surface area contributed by atoms with Gasteiger partial charge in [-0.3, -0.25) is 10.1 Å². The number of nitro groups is 1. The molecule has 0 N–H and O–H groups in total. The monoisotopic (exact) mass is 354 g/mol. The molecular weight excluding hydrogens is 341 g/mol. The largest absolute Gasteiger partial charge is 1.00 e. The maximum Gasteiger partial charge on any atom is 1.00 e. The molecule has 0 unspecified atom stereocenters. The molecule has 5 nitrogen and oxygen atoms in total. The Balaban J connectivity index is 0. The molecule has 0 amide bonds. The Kier molecular flexibility index (Phi) is 11.3. The molecule has 100 valence electrons. The van der Waals surface area contributed by atoms with Crippen LogP contribution in [0.2, 0.25) is 0 Å². The number of nitro benzene ring substituents is 1. The summed E-state index contributed by atoms with van der Waals surface area (Å²) in [4.78, 5) is 19.4. The molecule has 0 saturated heterocycles. The van der Waals surface area contributed by atoms with Crippen molar-refractivity contribution in [2.45, 2.75) is 33.3 Å². The van der Waals surface area contributed by atoms with Crippen molar-refractivity contribution in [1.29, 1.82) is 0 Å². The summed E-state index contributed by atoms with van der Waals surface area (Å²) in [6.07, 6.45) is 0. The van der Waals surface area contributed by atoms with Crippen LogP contribution in [-0.4, -0.2) is 17.0 Å². The Morgan fingerprint density at radius 1 is 1.47 bits per heavy atom. The van der Waals surface area contributed by atoms with Gasteiger partial charge in [-0.25, -0.2) is 0 Å². The molecule has 0 atom stereocenters. The summed E-state index contributed by atoms with van der Waals surface area (Å²) in [7, 11) is 0. The molecule has 7 heteroatoms. The predicted octanol–water partition coefficient (Wildman–Crippen LogP) is 0.339. The SMILES string of the molecule is CC(C)(C)O[C-]=O.Cc1[c-]cc(Br)cc1[N+](=O)[O-].[K+]. The van der Waals surface area contributed by atoms with E-state index in [0.717, 1.165) is 0 Å². The van der Waals surface area contributed by atoms with Gasteiger partial charge in [0.15, 0.2) is 5.69 Å². The standard InChI is InChI=1S/C7H5BrNO2.C5H9O2.K/c1-5-2-3-6(8)4-7(5)9(10)11;1-5(2,3)7-4-6;/h3-4H,1H3;1-3H3;/q2*-1;+1. The first-order valence-corrected chi connectivity index (χ1v) is 5.84. The van der Waals surface area contributed by atoms with Gasteiger partial charge in [0.25, 0.3) is 0 Å². The third-order valence-corrected chi connectivity index (χ3v) is 2.09. The summed E-state index contributed by atoms with van der Waals surface area (Å²) in [5.41, 5.74) is 0.277. The molecule has 0 fully saturated rings. The van der Waals surface area contributed by atoms with Crippen LogP contribution in [0.5, 0.6) is 0 Å². The van der Waals surface area contributed by atoms with Gasteiger partial charge in [-0.1, -0.05) is 29.5 Å². The number of benzene rings is 1. The minimum atomic E-state index is -0.420. The Bertz CT molecular complexity index is 432. The number of hydrogen-bond acceptors (Lipinski definition) is 4. The summed E-state index contributed by atoms with van der Waals surface area (Å²) in [5, 5.41) is 10.3. The molecule has 0 bridgehead atoms. The first-order valence-electron chi connectivity index (χ1n) is 5.04. The van der Waals surface area contributed by atoms with Crippen molar-refractivity contribution in [1.82, 2.24) is 0 Å². The molecule has 0 spiro atoms. The van der Waals surface area contributed by atoms with Gasteiger partial charge in [0.05, 0.1) is 5.60 Å². The van der Waals surface area contributed by atoms with E-state index in [1.54, 1.807) is 33.8 Å². The van der Waals surface area contributed by atoms with E-state index in [9.17, 15) is 14.9 Å². The number of hydrogen-bond donors (Lipinski definition) is 0. The molecule has 0 aliphatic heterocycles. The minimum absolute atomic E-state index is 0. The Hall–Kier alpha value is 0.206. The zero-order valence-electron chi connectivity index (χ0n) is 11.6. The first kappa shape index (κ1) is 21.5. The smallest absolute Gasteiger partial charge is 0.649 e. The van der Waals surface area contributed by atoms with Crippen molar-refractivity contribution in [2.24, 2.45) is 0 Å². The number of aryl methyl sites for hydroxylation is 1. The quantitative estimate of drug-likeness (QED) is 0.332. The average Bonchev–Trinajstić information content (AvgIpc) is 2.20. The van der Waals surface area contributed by atoms with Crippen LogP contribution in [0.1, 0.15) is 26.3 Å². The van der Waals surface area contributed by atoms with Crippen LogP contribution in [0.25, 0.3) is 0 Å². The third kappa shape index (κ3) is 10.6. The van der Waals surface area contributed by atoms with Crippen LogP contribution < -0.4 is 51.4 Å². The van der Waals surface area contributed by atoms with Crippen molar-refractivity contribution >= 4 is 28.1 Å². The molecule has 0 aliphatic rings. The summed E-state index contributed by atoms with van der Waals surface area (Å²) in [5.74, 6) is 0. The number of carbonyl (C=O) groups excluding carboxylic acids is 1. The van der Waals surface area contributed by atoms with Gasteiger partial charge in [0, 0.05) is 4.92 Å². The number of rotatable bonds is 2. The molecule has 0 heterocycles. The Morgan fingerprint density at radius 2 is 2.00 bits per heavy atom. The fourth-order valence-electron chi connectivity index (χ4n) is 0.846. The Morgan fingerprint density at radius 3 is 2.26 bits per heavy atom. The van der Waals surface area contributed by atoms with Gasteiger partial charge in [0.1, 0.15) is 0 Å². The minimum Gasteiger partial charge on any atom is -0.649 e. The van der Waals surface area contributed by atoms with Crippen LogP contribution >= 0.6 is 15.9 Å². The maximum absolute atomic E-state index is 10.3. The van der Waals surface area contributed by atoms with Crippen LogP contribution in [0.4, 0.5) is 5.69 Å². The first-order chi connectivity index (χ1) is 8.17. The maximum atomic E-state index is 10.3. The van der Waals surface area contributed by atoms with Crippen molar-refractivity contribution in [3.05, 3.63) is 38.3 Å². The fraction of sp³-hybridized carbons (Fsp3) is 0.417. The number of halogens is 1. The topological polar surface area (TPSA) is 69.4 Å². The van der Waals surface area contributed by atoms with Crippen molar-refractivity contribution < 1.29 is 65.8 Å². The second-order valence-electron chi connectivity index (χ2n) is 4.38. The van der Waals surface area contributed by atoms with Crippen LogP contribution in [0, 0.1) is 23.1 Å². The summed E-state index contributed by atoms with van der Waals surface area (Å²) in [6, 6.07) is 5.88. The normalized spacial score (nSPS) is 9.53. The number of ether oxygens (including phenoxy) is 1. The van der Waals surface area contributed by atoms with Gasteiger partial charge in [0.2, 0.25) is 0 Å². The van der Waals surface area contributed by atoms with E-state index in [0.29, 0.717) is 10.0 Å². The van der Waals surface area contributed by atoms with Crippen LogP contribution in [0.3, 0.4) is 0 Å². The fourth-order valence-corrected chi connectivity index (χ4v) is 1.18. The van der Waals surface area contributed by atoms with Gasteiger partial charge in [-0.2, -0.15) is 12.1 Å². The van der Waals surface area contributed by atoms with Crippen molar-refractivity contribution in [2.75, 3.05) is 0 Å². The molecule has 19 heavy (non-hydrogen) atoms. The zero-order chi connectivity index (χ0) is 14.3. The van der Waals surface area contributed by atoms with E-state index in [-0.39, 0.29) is 62.7 Å². The summed E-state index contributed by atoms with van der Waals surface area (Å²) in [6.45, 7) is 8.38. The summed E-state index contributed by atoms with van der Waals surface area (Å²) >= 11 is 3.13. The molecule has 1 aromatic rings. The average molecular weight is 355 g/mol. The van der Waals surface area contributed by atoms with Gasteiger partial charge >= 0.3 is 51.4 Å². The van der Waals surface area contributed by atoms with Crippen molar-refractivity contribution in [3.8, 4) is 0 Å². The molecule has 1 aromatic carbocycles. The van der Waals surface area contributed by atoms with Crippen LogP contribution in [0.15, 0.2) is 16.6 Å². The Labute approximate surface area is 163 Å².